The SMILES string of the molecule is Cc1cc2c(cc1N1c3cc4c(cc3B3c5ccc6sc7ccccc7c6c5N(c5ccccc5C)c5cc(C6CCCCC6)cc1c53)C(C)(C)c1ccccc1C4(C)C)C(C)(C)CCC2(C)C. The molecule has 0 atom stereocenters. The van der Waals surface area contributed by atoms with Gasteiger partial charge in [0, 0.05) is 59.4 Å². The van der Waals surface area contributed by atoms with Crippen molar-refractivity contribution in [3.63, 3.8) is 0 Å². The Hall–Kier alpha value is -5.58. The summed E-state index contributed by atoms with van der Waals surface area (Å²) in [5.41, 5.74) is 25.1. The number of nitrogens with zero attached hydrogens (tertiary/aromatic N) is 2. The summed E-state index contributed by atoms with van der Waals surface area (Å²) < 4.78 is 2.71. The Labute approximate surface area is 409 Å². The van der Waals surface area contributed by atoms with Crippen LogP contribution in [0.1, 0.15) is 156 Å². The summed E-state index contributed by atoms with van der Waals surface area (Å²) in [4.78, 5) is 5.54. The number of hydrogen-bond donors (Lipinski definition) is 0. The lowest BCUT2D eigenvalue weighted by atomic mass is 9.33. The van der Waals surface area contributed by atoms with Crippen molar-refractivity contribution in [2.75, 3.05) is 9.80 Å². The van der Waals surface area contributed by atoms with Crippen LogP contribution in [0.25, 0.3) is 20.2 Å². The Morgan fingerprint density at radius 3 is 1.79 bits per heavy atom. The molecule has 4 heteroatoms. The van der Waals surface area contributed by atoms with E-state index in [0.29, 0.717) is 5.92 Å². The van der Waals surface area contributed by atoms with Crippen molar-refractivity contribution in [1.82, 2.24) is 0 Å². The van der Waals surface area contributed by atoms with E-state index in [0.717, 1.165) is 0 Å². The van der Waals surface area contributed by atoms with Crippen LogP contribution < -0.4 is 26.2 Å². The first kappa shape index (κ1) is 42.5. The first-order valence-corrected chi connectivity index (χ1v) is 26.6. The molecule has 1 aromatic heterocycles. The molecule has 0 spiro atoms. The number of rotatable bonds is 3. The lowest BCUT2D eigenvalue weighted by Crippen LogP contribution is -2.62. The summed E-state index contributed by atoms with van der Waals surface area (Å²) in [6, 6.07) is 48.7. The third kappa shape index (κ3) is 5.82. The number of hydrogen-bond acceptors (Lipinski definition) is 3. The number of benzene rings is 7. The second kappa shape index (κ2) is 14.5. The van der Waals surface area contributed by atoms with Crippen LogP contribution in [0.3, 0.4) is 0 Å². The summed E-state index contributed by atoms with van der Waals surface area (Å²) in [6.45, 7) is 24.6. The van der Waals surface area contributed by atoms with E-state index >= 15 is 0 Å². The van der Waals surface area contributed by atoms with Gasteiger partial charge in [0.1, 0.15) is 0 Å². The van der Waals surface area contributed by atoms with Gasteiger partial charge in [-0.2, -0.15) is 0 Å². The molecule has 8 aromatic rings. The number of aryl methyl sites for hydroxylation is 2. The van der Waals surface area contributed by atoms with Gasteiger partial charge in [-0.1, -0.05) is 154 Å². The average Bonchev–Trinajstić information content (AvgIpc) is 3.72. The summed E-state index contributed by atoms with van der Waals surface area (Å²) in [5.74, 6) is 0.522. The van der Waals surface area contributed by atoms with Gasteiger partial charge >= 0.3 is 0 Å². The molecule has 340 valence electrons. The standard InChI is InChI=1S/C64H65BN2S/c1-38-20-14-18-26-51(38)67-55-34-41(40-21-12-11-13-22-40)33-54-59(55)65(49-28-29-57-58(60(49)67)42-23-15-19-27-56(42)68-57)50-35-47-48(64(9,10)44-25-17-16-24-43(44)63(47,7)8)37-53(50)66(54)52-36-46-45(32-39(52)2)61(3,4)30-31-62(46,5)6/h14-20,23-29,32-37,40H,11-13,21-22,30-31H2,1-10H3. The topological polar surface area (TPSA) is 6.48 Å². The highest BCUT2D eigenvalue weighted by atomic mass is 32.1. The molecule has 2 nitrogen and oxygen atoms in total. The number of para-hydroxylation sites is 1. The fraction of sp³-hybridized carbons (Fsp3) is 0.344. The van der Waals surface area contributed by atoms with Crippen molar-refractivity contribution < 1.29 is 0 Å². The predicted molar refractivity (Wildman–Crippen MR) is 295 cm³/mol. The van der Waals surface area contributed by atoms with E-state index in [9.17, 15) is 0 Å². The zero-order chi connectivity index (χ0) is 46.8. The molecule has 68 heavy (non-hydrogen) atoms. The van der Waals surface area contributed by atoms with Crippen LogP contribution in [0.15, 0.2) is 121 Å². The third-order valence-corrected chi connectivity index (χ3v) is 19.3. The highest BCUT2D eigenvalue weighted by Crippen LogP contribution is 2.56. The van der Waals surface area contributed by atoms with E-state index in [4.69, 9.17) is 0 Å². The van der Waals surface area contributed by atoms with Crippen LogP contribution in [0.4, 0.5) is 34.1 Å². The average molecular weight is 905 g/mol. The quantitative estimate of drug-likeness (QED) is 0.163. The number of anilines is 6. The normalized spacial score (nSPS) is 19.2. The minimum atomic E-state index is -0.192. The Balaban J connectivity index is 1.21. The molecule has 0 amide bonds. The molecule has 7 aromatic carbocycles. The van der Waals surface area contributed by atoms with Gasteiger partial charge in [-0.15, -0.1) is 11.3 Å². The number of fused-ring (bicyclic) bond motifs is 11. The predicted octanol–water partition coefficient (Wildman–Crippen LogP) is 16.1. The van der Waals surface area contributed by atoms with E-state index in [-0.39, 0.29) is 28.4 Å². The van der Waals surface area contributed by atoms with Crippen LogP contribution in [0, 0.1) is 13.8 Å². The second-order valence-electron chi connectivity index (χ2n) is 23.9. The van der Waals surface area contributed by atoms with Crippen LogP contribution in [0.5, 0.6) is 0 Å². The van der Waals surface area contributed by atoms with Gasteiger partial charge < -0.3 is 9.80 Å². The van der Waals surface area contributed by atoms with Crippen LogP contribution in [-0.4, -0.2) is 6.71 Å². The highest BCUT2D eigenvalue weighted by Gasteiger charge is 2.49. The largest absolute Gasteiger partial charge is 0.311 e. The Kier molecular flexibility index (Phi) is 9.06. The Morgan fingerprint density at radius 1 is 0.485 bits per heavy atom. The maximum atomic E-state index is 2.80. The molecule has 0 unspecified atom stereocenters. The summed E-state index contributed by atoms with van der Waals surface area (Å²) in [6.07, 6.45) is 8.81. The maximum absolute atomic E-state index is 2.80. The lowest BCUT2D eigenvalue weighted by Gasteiger charge is -2.49. The molecule has 1 saturated carbocycles. The van der Waals surface area contributed by atoms with Gasteiger partial charge in [0.2, 0.25) is 0 Å². The van der Waals surface area contributed by atoms with Gasteiger partial charge in [0.05, 0.1) is 5.69 Å². The molecule has 13 rings (SSSR count). The molecule has 1 fully saturated rings. The summed E-state index contributed by atoms with van der Waals surface area (Å²) in [7, 11) is 0. The van der Waals surface area contributed by atoms with Gasteiger partial charge in [-0.25, -0.2) is 0 Å². The van der Waals surface area contributed by atoms with Crippen molar-refractivity contribution in [1.29, 1.82) is 0 Å². The van der Waals surface area contributed by atoms with Crippen LogP contribution >= 0.6 is 11.3 Å². The molecular weight excluding hydrogens is 840 g/mol. The van der Waals surface area contributed by atoms with Gasteiger partial charge in [-0.3, -0.25) is 0 Å². The molecule has 5 aliphatic rings. The molecule has 3 aliphatic carbocycles. The Bertz CT molecular complexity index is 3450. The molecule has 0 radical (unpaired) electrons. The molecule has 0 N–H and O–H groups in total. The lowest BCUT2D eigenvalue weighted by molar-refractivity contribution is 0.332. The fourth-order valence-corrected chi connectivity index (χ4v) is 15.3. The van der Waals surface area contributed by atoms with Crippen LogP contribution in [-0.2, 0) is 21.7 Å². The van der Waals surface area contributed by atoms with Crippen molar-refractivity contribution in [2.45, 2.75) is 142 Å². The van der Waals surface area contributed by atoms with Gasteiger partial charge in [-0.05, 0) is 165 Å². The van der Waals surface area contributed by atoms with E-state index in [1.165, 1.54) is 166 Å². The molecule has 2 aliphatic heterocycles. The first-order chi connectivity index (χ1) is 32.6. The van der Waals surface area contributed by atoms with E-state index in [1.807, 2.05) is 11.3 Å². The summed E-state index contributed by atoms with van der Waals surface area (Å²) in [5, 5.41) is 2.74. The van der Waals surface area contributed by atoms with Crippen molar-refractivity contribution >= 4 is 88.7 Å². The van der Waals surface area contributed by atoms with E-state index in [1.54, 1.807) is 0 Å². The first-order valence-electron chi connectivity index (χ1n) is 25.8. The number of thiophene rings is 1. The molecule has 0 bridgehead atoms. The fourth-order valence-electron chi connectivity index (χ4n) is 14.2. The highest BCUT2D eigenvalue weighted by molar-refractivity contribution is 7.26. The molecule has 3 heterocycles. The van der Waals surface area contributed by atoms with Crippen molar-refractivity contribution in [3.05, 3.63) is 171 Å². The Morgan fingerprint density at radius 2 is 1.09 bits per heavy atom. The van der Waals surface area contributed by atoms with Gasteiger partial charge in [0.25, 0.3) is 6.71 Å². The minimum absolute atomic E-state index is 0.0275. The smallest absolute Gasteiger partial charge is 0.252 e. The molecular formula is C64H65BN2S. The third-order valence-electron chi connectivity index (χ3n) is 18.2. The molecule has 0 saturated heterocycles. The minimum Gasteiger partial charge on any atom is -0.311 e. The zero-order valence-corrected chi connectivity index (χ0v) is 42.8. The monoisotopic (exact) mass is 904 g/mol. The van der Waals surface area contributed by atoms with E-state index < -0.39 is 0 Å². The van der Waals surface area contributed by atoms with Crippen molar-refractivity contribution in [3.8, 4) is 0 Å². The van der Waals surface area contributed by atoms with Gasteiger partial charge in [0.15, 0.2) is 0 Å². The maximum Gasteiger partial charge on any atom is 0.252 e. The van der Waals surface area contributed by atoms with Crippen molar-refractivity contribution in [2.24, 2.45) is 0 Å². The van der Waals surface area contributed by atoms with Crippen LogP contribution in [0.2, 0.25) is 0 Å². The van der Waals surface area contributed by atoms with E-state index in [2.05, 4.69) is 200 Å². The second-order valence-corrected chi connectivity index (χ2v) is 25.0. The zero-order valence-electron chi connectivity index (χ0n) is 42.0. The summed E-state index contributed by atoms with van der Waals surface area (Å²) >= 11 is 1.94.